The van der Waals surface area contributed by atoms with Crippen molar-refractivity contribution >= 4 is 16.7 Å². The van der Waals surface area contributed by atoms with Crippen molar-refractivity contribution in [2.24, 2.45) is 0 Å². The number of rotatable bonds is 3. The molecular weight excluding hydrogens is 238 g/mol. The Morgan fingerprint density at radius 1 is 1.37 bits per heavy atom. The fourth-order valence-electron chi connectivity index (χ4n) is 3.64. The Labute approximate surface area is 112 Å². The molecule has 19 heavy (non-hydrogen) atoms. The van der Waals surface area contributed by atoms with Gasteiger partial charge in [0.2, 0.25) is 0 Å². The average molecular weight is 257 g/mol. The zero-order valence-corrected chi connectivity index (χ0v) is 11.2. The summed E-state index contributed by atoms with van der Waals surface area (Å²) in [5.41, 5.74) is 7.04. The number of aromatic nitrogens is 1. The van der Waals surface area contributed by atoms with E-state index in [1.54, 1.807) is 12.7 Å². The summed E-state index contributed by atoms with van der Waals surface area (Å²) in [6.45, 7) is 3.14. The van der Waals surface area contributed by atoms with Crippen molar-refractivity contribution in [1.82, 2.24) is 10.5 Å². The third-order valence-electron chi connectivity index (χ3n) is 4.57. The van der Waals surface area contributed by atoms with Gasteiger partial charge in [-0.05, 0) is 24.3 Å². The molecule has 0 atom stereocenters. The number of hydroxylamine groups is 1. The summed E-state index contributed by atoms with van der Waals surface area (Å²) in [6.07, 6.45) is 2.61. The van der Waals surface area contributed by atoms with Gasteiger partial charge in [0, 0.05) is 30.6 Å². The lowest BCUT2D eigenvalue weighted by Gasteiger charge is -2.40. The molecule has 4 nitrogen and oxygen atoms in total. The smallest absolute Gasteiger partial charge is 0.110 e. The number of H-pyrrole nitrogens is 1. The van der Waals surface area contributed by atoms with Crippen LogP contribution in [0.25, 0.3) is 10.9 Å². The van der Waals surface area contributed by atoms with Gasteiger partial charge in [-0.25, -0.2) is 0 Å². The largest absolute Gasteiger partial charge is 0.358 e. The van der Waals surface area contributed by atoms with Crippen LogP contribution < -0.4 is 10.4 Å². The van der Waals surface area contributed by atoms with Crippen LogP contribution in [0.3, 0.4) is 0 Å². The number of aromatic amines is 1. The molecule has 2 bridgehead atoms. The van der Waals surface area contributed by atoms with Gasteiger partial charge in [0.05, 0.1) is 12.6 Å². The van der Waals surface area contributed by atoms with Crippen LogP contribution in [-0.2, 0) is 11.4 Å². The molecular formula is C15H19N3O. The molecule has 0 radical (unpaired) electrons. The summed E-state index contributed by atoms with van der Waals surface area (Å²) in [6, 6.07) is 6.57. The lowest BCUT2D eigenvalue weighted by Crippen LogP contribution is -2.38. The molecule has 3 aliphatic heterocycles. The molecule has 4 heteroatoms. The van der Waals surface area contributed by atoms with Crippen molar-refractivity contribution in [3.8, 4) is 0 Å². The van der Waals surface area contributed by atoms with Crippen LogP contribution in [0.15, 0.2) is 18.2 Å². The first-order valence-corrected chi connectivity index (χ1v) is 7.02. The fraction of sp³-hybridized carbons (Fsp3) is 0.467. The maximum atomic E-state index is 4.98. The second-order valence-corrected chi connectivity index (χ2v) is 5.51. The molecule has 1 aromatic carbocycles. The van der Waals surface area contributed by atoms with Gasteiger partial charge in [-0.2, -0.15) is 5.48 Å². The summed E-state index contributed by atoms with van der Waals surface area (Å²) in [5.74, 6) is 2.11. The first-order chi connectivity index (χ1) is 9.38. The second-order valence-electron chi connectivity index (χ2n) is 5.51. The molecule has 2 aromatic rings. The maximum absolute atomic E-state index is 4.98. The quantitative estimate of drug-likeness (QED) is 0.830. The van der Waals surface area contributed by atoms with E-state index in [1.807, 2.05) is 0 Å². The lowest BCUT2D eigenvalue weighted by molar-refractivity contribution is 0.0870. The van der Waals surface area contributed by atoms with Crippen molar-refractivity contribution in [1.29, 1.82) is 0 Å². The molecule has 0 saturated carbocycles. The Morgan fingerprint density at radius 3 is 3.00 bits per heavy atom. The summed E-state index contributed by atoms with van der Waals surface area (Å²) in [4.78, 5) is 11.1. The molecule has 3 aliphatic rings. The normalized spacial score (nSPS) is 18.3. The summed E-state index contributed by atoms with van der Waals surface area (Å²) < 4.78 is 0. The Morgan fingerprint density at radius 2 is 2.21 bits per heavy atom. The van der Waals surface area contributed by atoms with Crippen molar-refractivity contribution in [3.63, 3.8) is 0 Å². The van der Waals surface area contributed by atoms with Gasteiger partial charge in [0.1, 0.15) is 5.82 Å². The number of anilines is 1. The maximum Gasteiger partial charge on any atom is 0.110 e. The molecule has 1 saturated heterocycles. The van der Waals surface area contributed by atoms with Gasteiger partial charge in [0.25, 0.3) is 0 Å². The molecule has 0 amide bonds. The van der Waals surface area contributed by atoms with Crippen LogP contribution in [0, 0.1) is 0 Å². The predicted molar refractivity (Wildman–Crippen MR) is 76.3 cm³/mol. The number of hydrogen-bond acceptors (Lipinski definition) is 3. The highest BCUT2D eigenvalue weighted by Crippen LogP contribution is 2.46. The summed E-state index contributed by atoms with van der Waals surface area (Å²) in [7, 11) is 1.66. The number of fused-ring (bicyclic) bond motifs is 3. The number of hydrogen-bond donors (Lipinski definition) is 2. The van der Waals surface area contributed by atoms with Crippen LogP contribution in [0.5, 0.6) is 0 Å². The van der Waals surface area contributed by atoms with Crippen molar-refractivity contribution in [2.75, 3.05) is 25.1 Å². The van der Waals surface area contributed by atoms with Gasteiger partial charge in [-0.1, -0.05) is 18.2 Å². The number of nitrogens with zero attached hydrogens (tertiary/aromatic N) is 1. The number of para-hydroxylation sites is 1. The van der Waals surface area contributed by atoms with E-state index in [2.05, 4.69) is 33.6 Å². The van der Waals surface area contributed by atoms with Gasteiger partial charge in [-0.15, -0.1) is 0 Å². The monoisotopic (exact) mass is 257 g/mol. The van der Waals surface area contributed by atoms with E-state index in [-0.39, 0.29) is 0 Å². The first kappa shape index (κ1) is 11.3. The van der Waals surface area contributed by atoms with Crippen molar-refractivity contribution in [2.45, 2.75) is 25.3 Å². The first-order valence-electron chi connectivity index (χ1n) is 7.02. The van der Waals surface area contributed by atoms with E-state index >= 15 is 0 Å². The molecule has 4 heterocycles. The average Bonchev–Trinajstić information content (AvgIpc) is 2.88. The minimum atomic E-state index is 0.734. The van der Waals surface area contributed by atoms with Crippen LogP contribution >= 0.6 is 0 Å². The van der Waals surface area contributed by atoms with Crippen LogP contribution in [-0.4, -0.2) is 25.2 Å². The number of piperidine rings is 1. The zero-order chi connectivity index (χ0) is 12.8. The van der Waals surface area contributed by atoms with E-state index in [0.29, 0.717) is 0 Å². The molecule has 1 aromatic heterocycles. The fourth-order valence-corrected chi connectivity index (χ4v) is 3.64. The van der Waals surface area contributed by atoms with E-state index in [0.717, 1.165) is 12.5 Å². The Bertz CT molecular complexity index is 611. The highest BCUT2D eigenvalue weighted by atomic mass is 16.6. The molecule has 0 spiro atoms. The highest BCUT2D eigenvalue weighted by Gasteiger charge is 2.34. The molecule has 1 fully saturated rings. The minimum Gasteiger partial charge on any atom is -0.358 e. The van der Waals surface area contributed by atoms with E-state index in [1.165, 1.54) is 48.2 Å². The van der Waals surface area contributed by atoms with Crippen LogP contribution in [0.1, 0.15) is 29.9 Å². The number of nitrogens with one attached hydrogen (secondary N) is 2. The Balaban J connectivity index is 1.88. The van der Waals surface area contributed by atoms with Crippen molar-refractivity contribution < 1.29 is 4.84 Å². The lowest BCUT2D eigenvalue weighted by atomic mass is 9.84. The van der Waals surface area contributed by atoms with Gasteiger partial charge in [-0.3, -0.25) is 0 Å². The van der Waals surface area contributed by atoms with Gasteiger partial charge >= 0.3 is 0 Å². The second kappa shape index (κ2) is 4.25. The van der Waals surface area contributed by atoms with Gasteiger partial charge < -0.3 is 14.7 Å². The number of benzene rings is 1. The molecule has 2 N–H and O–H groups in total. The Hall–Kier alpha value is -1.52. The van der Waals surface area contributed by atoms with E-state index in [4.69, 9.17) is 4.84 Å². The molecule has 100 valence electrons. The predicted octanol–water partition coefficient (Wildman–Crippen LogP) is 2.52. The van der Waals surface area contributed by atoms with Crippen LogP contribution in [0.2, 0.25) is 0 Å². The van der Waals surface area contributed by atoms with Gasteiger partial charge in [0.15, 0.2) is 0 Å². The van der Waals surface area contributed by atoms with Crippen LogP contribution in [0.4, 0.5) is 5.82 Å². The van der Waals surface area contributed by atoms with E-state index < -0.39 is 0 Å². The molecule has 5 rings (SSSR count). The standard InChI is InChI=1S/C15H19N3O/c1-19-16-9-11-3-2-4-12-13-10-5-7-18(8-6-10)15(13)17-14(11)12/h2-4,10,16-17H,5-9H2,1H3. The van der Waals surface area contributed by atoms with E-state index in [9.17, 15) is 0 Å². The highest BCUT2D eigenvalue weighted by molar-refractivity contribution is 5.92. The third kappa shape index (κ3) is 1.60. The topological polar surface area (TPSA) is 40.3 Å². The van der Waals surface area contributed by atoms with Crippen molar-refractivity contribution in [3.05, 3.63) is 29.3 Å². The summed E-state index contributed by atoms with van der Waals surface area (Å²) in [5, 5.41) is 1.40. The zero-order valence-electron chi connectivity index (χ0n) is 11.2. The SMILES string of the molecule is CONCc1cccc2c3c([nH]c12)N1CCC3CC1. The summed E-state index contributed by atoms with van der Waals surface area (Å²) >= 11 is 0. The molecule has 0 unspecified atom stereocenters. The minimum absolute atomic E-state index is 0.734. The Kier molecular flexibility index (Phi) is 2.53. The third-order valence-corrected chi connectivity index (χ3v) is 4.57. The molecule has 0 aliphatic carbocycles.